The van der Waals surface area contributed by atoms with Gasteiger partial charge in [-0.05, 0) is 66.2 Å². The molecule has 1 saturated heterocycles. The largest absolute Gasteiger partial charge is 0.464 e. The summed E-state index contributed by atoms with van der Waals surface area (Å²) in [5, 5.41) is 5.19. The fraction of sp³-hybridized carbons (Fsp3) is 0.733. The van der Waals surface area contributed by atoms with Gasteiger partial charge in [0.2, 0.25) is 11.8 Å². The zero-order chi connectivity index (χ0) is 29.8. The molecule has 0 aromatic heterocycles. The lowest BCUT2D eigenvalue weighted by Gasteiger charge is -2.31. The molecule has 0 spiro atoms. The lowest BCUT2D eigenvalue weighted by molar-refractivity contribution is -0.148. The summed E-state index contributed by atoms with van der Waals surface area (Å²) in [6.07, 6.45) is 12.1. The van der Waals surface area contributed by atoms with Gasteiger partial charge < -0.3 is 25.0 Å². The average molecular weight is 552 g/mol. The molecule has 0 aromatic rings. The predicted octanol–water partition coefficient (Wildman–Crippen LogP) is 5.44. The first-order valence-electron chi connectivity index (χ1n) is 14.4. The number of alkyl carbamates (subject to hydrolysis) is 1. The normalized spacial score (nSPS) is 17.2. The van der Waals surface area contributed by atoms with Crippen molar-refractivity contribution in [1.82, 2.24) is 15.5 Å². The van der Waals surface area contributed by atoms with Crippen LogP contribution in [0.3, 0.4) is 0 Å². The van der Waals surface area contributed by atoms with E-state index in [-0.39, 0.29) is 31.5 Å². The molecule has 39 heavy (non-hydrogen) atoms. The Bertz CT molecular complexity index is 777. The number of allylic oxidation sites excluding steroid dienone is 1. The summed E-state index contributed by atoms with van der Waals surface area (Å²) < 4.78 is 10.2. The van der Waals surface area contributed by atoms with Crippen LogP contribution in [0.5, 0.6) is 0 Å². The Hall–Kier alpha value is -2.84. The van der Waals surface area contributed by atoms with Gasteiger partial charge in [-0.15, -0.1) is 13.2 Å². The first-order chi connectivity index (χ1) is 18.4. The molecule has 1 aliphatic rings. The quantitative estimate of drug-likeness (QED) is 0.159. The van der Waals surface area contributed by atoms with E-state index >= 15 is 0 Å². The van der Waals surface area contributed by atoms with Gasteiger partial charge in [0.05, 0.1) is 6.61 Å². The number of likely N-dealkylation sites (tertiary alicyclic amines) is 1. The zero-order valence-electron chi connectivity index (χ0n) is 25.2. The number of unbranched alkanes of at least 4 members (excludes halogenated alkanes) is 4. The van der Waals surface area contributed by atoms with Crippen molar-refractivity contribution >= 4 is 23.9 Å². The van der Waals surface area contributed by atoms with Crippen molar-refractivity contribution in [2.45, 2.75) is 129 Å². The van der Waals surface area contributed by atoms with Crippen molar-refractivity contribution in [3.63, 3.8) is 0 Å². The number of carbonyl (C=O) groups excluding carboxylic acids is 4. The Morgan fingerprint density at radius 1 is 1.00 bits per heavy atom. The number of rotatable bonds is 15. The summed E-state index contributed by atoms with van der Waals surface area (Å²) in [5.41, 5.74) is -0.680. The third-order valence-corrected chi connectivity index (χ3v) is 6.07. The average Bonchev–Trinajstić information content (AvgIpc) is 3.29. The number of esters is 1. The van der Waals surface area contributed by atoms with Crippen molar-refractivity contribution < 1.29 is 28.7 Å². The topological polar surface area (TPSA) is 114 Å². The Kier molecular flexibility index (Phi) is 18.7. The Balaban J connectivity index is 0.00000181. The number of carbonyl (C=O) groups is 4. The highest BCUT2D eigenvalue weighted by Gasteiger charge is 2.41. The molecule has 3 atom stereocenters. The molecule has 3 unspecified atom stereocenters. The third kappa shape index (κ3) is 15.4. The van der Waals surface area contributed by atoms with E-state index in [1.807, 2.05) is 6.08 Å². The lowest BCUT2D eigenvalue weighted by atomic mass is 10.1. The molecule has 1 aliphatic heterocycles. The molecule has 9 heteroatoms. The van der Waals surface area contributed by atoms with Crippen LogP contribution in [-0.4, -0.2) is 65.7 Å². The van der Waals surface area contributed by atoms with Crippen molar-refractivity contribution in [3.05, 3.63) is 25.3 Å². The molecule has 0 aromatic carbocycles. The van der Waals surface area contributed by atoms with Crippen LogP contribution < -0.4 is 10.6 Å². The lowest BCUT2D eigenvalue weighted by Crippen LogP contribution is -2.54. The Labute approximate surface area is 236 Å². The Morgan fingerprint density at radius 3 is 2.21 bits per heavy atom. The van der Waals surface area contributed by atoms with Crippen LogP contribution in [0.15, 0.2) is 25.3 Å². The highest BCUT2D eigenvalue weighted by molar-refractivity contribution is 5.92. The molecular weight excluding hydrogens is 498 g/mol. The molecule has 2 N–H and O–H groups in total. The molecule has 0 radical (unpaired) electrons. The minimum atomic E-state index is -0.855. The summed E-state index contributed by atoms with van der Waals surface area (Å²) in [4.78, 5) is 51.7. The standard InChI is InChI=1S/C23H39N3O6.C7H14/c1-7-10-12-16-13-14-18(20(28)25-17(11-8-2)21(29)31-9-3)26(16)19(27)15-24-22(30)32-23(4,5)6;1-3-5-7-6-4-2/h8,16-18H,2,7,9-15H2,1,3-6H3,(H,24,30)(H,25,28);3H,1,4-7H2,2H3. The van der Waals surface area contributed by atoms with Crippen LogP contribution >= 0.6 is 0 Å². The van der Waals surface area contributed by atoms with E-state index in [9.17, 15) is 19.2 Å². The van der Waals surface area contributed by atoms with Gasteiger partial charge in [0, 0.05) is 6.04 Å². The van der Waals surface area contributed by atoms with Gasteiger partial charge >= 0.3 is 12.1 Å². The van der Waals surface area contributed by atoms with Crippen molar-refractivity contribution in [2.75, 3.05) is 13.2 Å². The van der Waals surface area contributed by atoms with Gasteiger partial charge in [0.15, 0.2) is 0 Å². The summed E-state index contributed by atoms with van der Waals surface area (Å²) in [5.74, 6) is -1.30. The van der Waals surface area contributed by atoms with E-state index in [2.05, 4.69) is 37.6 Å². The molecule has 224 valence electrons. The fourth-order valence-corrected chi connectivity index (χ4v) is 4.22. The molecule has 1 heterocycles. The van der Waals surface area contributed by atoms with Gasteiger partial charge in [-0.3, -0.25) is 9.59 Å². The predicted molar refractivity (Wildman–Crippen MR) is 155 cm³/mol. The maximum Gasteiger partial charge on any atom is 0.408 e. The second-order valence-electron chi connectivity index (χ2n) is 10.7. The minimum absolute atomic E-state index is 0.0981. The van der Waals surface area contributed by atoms with Gasteiger partial charge in [-0.25, -0.2) is 9.59 Å². The molecule has 1 fully saturated rings. The number of ether oxygens (including phenoxy) is 2. The molecule has 0 saturated carbocycles. The van der Waals surface area contributed by atoms with Crippen LogP contribution in [0.1, 0.15) is 106 Å². The van der Waals surface area contributed by atoms with Gasteiger partial charge in [-0.1, -0.05) is 51.7 Å². The van der Waals surface area contributed by atoms with Gasteiger partial charge in [-0.2, -0.15) is 0 Å². The molecule has 0 aliphatic carbocycles. The van der Waals surface area contributed by atoms with Crippen LogP contribution in [0, 0.1) is 0 Å². The van der Waals surface area contributed by atoms with Gasteiger partial charge in [0.1, 0.15) is 24.2 Å². The number of hydrogen-bond acceptors (Lipinski definition) is 6. The first kappa shape index (κ1) is 36.2. The summed E-state index contributed by atoms with van der Waals surface area (Å²) in [7, 11) is 0. The second kappa shape index (κ2) is 20.1. The van der Waals surface area contributed by atoms with E-state index in [0.29, 0.717) is 12.8 Å². The monoisotopic (exact) mass is 551 g/mol. The molecular formula is C30H53N3O6. The van der Waals surface area contributed by atoms with E-state index < -0.39 is 35.7 Å². The van der Waals surface area contributed by atoms with Crippen LogP contribution in [0.2, 0.25) is 0 Å². The third-order valence-electron chi connectivity index (χ3n) is 6.07. The minimum Gasteiger partial charge on any atom is -0.464 e. The van der Waals surface area contributed by atoms with E-state index in [0.717, 1.165) is 19.3 Å². The SMILES string of the molecule is C=CCC(NC(=O)C1CCC(CCCC)N1C(=O)CNC(=O)OC(C)(C)C)C(=O)OCC.C=CCCCCC. The summed E-state index contributed by atoms with van der Waals surface area (Å²) in [6, 6.07) is -1.67. The van der Waals surface area contributed by atoms with E-state index in [4.69, 9.17) is 9.47 Å². The summed E-state index contributed by atoms with van der Waals surface area (Å²) >= 11 is 0. The maximum absolute atomic E-state index is 13.0. The zero-order valence-corrected chi connectivity index (χ0v) is 25.2. The van der Waals surface area contributed by atoms with Crippen LogP contribution in [0.4, 0.5) is 4.79 Å². The second-order valence-corrected chi connectivity index (χ2v) is 10.7. The van der Waals surface area contributed by atoms with Crippen molar-refractivity contribution in [2.24, 2.45) is 0 Å². The van der Waals surface area contributed by atoms with E-state index in [1.54, 1.807) is 32.6 Å². The van der Waals surface area contributed by atoms with Crippen molar-refractivity contribution in [1.29, 1.82) is 0 Å². The number of amides is 3. The first-order valence-corrected chi connectivity index (χ1v) is 14.4. The fourth-order valence-electron chi connectivity index (χ4n) is 4.22. The number of nitrogens with one attached hydrogen (secondary N) is 2. The highest BCUT2D eigenvalue weighted by Crippen LogP contribution is 2.28. The maximum atomic E-state index is 13.0. The van der Waals surface area contributed by atoms with Gasteiger partial charge in [0.25, 0.3) is 0 Å². The molecule has 1 rings (SSSR count). The van der Waals surface area contributed by atoms with Crippen molar-refractivity contribution in [3.8, 4) is 0 Å². The van der Waals surface area contributed by atoms with Crippen LogP contribution in [0.25, 0.3) is 0 Å². The molecule has 3 amide bonds. The smallest absolute Gasteiger partial charge is 0.408 e. The summed E-state index contributed by atoms with van der Waals surface area (Å²) in [6.45, 7) is 18.4. The Morgan fingerprint density at radius 2 is 1.67 bits per heavy atom. The number of nitrogens with zero attached hydrogens (tertiary/aromatic N) is 1. The highest BCUT2D eigenvalue weighted by atomic mass is 16.6. The van der Waals surface area contributed by atoms with Crippen LogP contribution in [-0.2, 0) is 23.9 Å². The molecule has 9 nitrogen and oxygen atoms in total. The van der Waals surface area contributed by atoms with E-state index in [1.165, 1.54) is 31.8 Å². The molecule has 0 bridgehead atoms. The number of hydrogen-bond donors (Lipinski definition) is 2.